The van der Waals surface area contributed by atoms with E-state index < -0.39 is 5.60 Å². The van der Waals surface area contributed by atoms with Gasteiger partial charge in [-0.05, 0) is 43.5 Å². The van der Waals surface area contributed by atoms with E-state index in [4.69, 9.17) is 9.47 Å². The van der Waals surface area contributed by atoms with Crippen molar-refractivity contribution in [1.29, 1.82) is 0 Å². The minimum absolute atomic E-state index is 0.198. The van der Waals surface area contributed by atoms with E-state index in [0.29, 0.717) is 0 Å². The van der Waals surface area contributed by atoms with E-state index >= 15 is 0 Å². The van der Waals surface area contributed by atoms with Gasteiger partial charge in [-0.15, -0.1) is 0 Å². The molecule has 0 radical (unpaired) electrons. The molecule has 1 aliphatic carbocycles. The van der Waals surface area contributed by atoms with Gasteiger partial charge in [0.1, 0.15) is 0 Å². The standard InChI is InChI=1S/C17H25NO3/c1-20-14-7-6-12(11-15(14)21-2)16-13-5-3-4-8-17(13,19)9-10-18-16/h6-7,11,13,16,18-19H,3-5,8-10H2,1-2H3/t13-,16+,17+/m1/s1. The van der Waals surface area contributed by atoms with Gasteiger partial charge in [0, 0.05) is 12.0 Å². The van der Waals surface area contributed by atoms with Gasteiger partial charge in [0.15, 0.2) is 11.5 Å². The Morgan fingerprint density at radius 1 is 1.14 bits per heavy atom. The van der Waals surface area contributed by atoms with Gasteiger partial charge < -0.3 is 19.9 Å². The smallest absolute Gasteiger partial charge is 0.161 e. The molecule has 2 aliphatic rings. The lowest BCUT2D eigenvalue weighted by Crippen LogP contribution is -2.53. The van der Waals surface area contributed by atoms with Crippen LogP contribution >= 0.6 is 0 Å². The van der Waals surface area contributed by atoms with Gasteiger partial charge in [0.05, 0.1) is 19.8 Å². The lowest BCUT2D eigenvalue weighted by Gasteiger charge is -2.48. The molecular formula is C17H25NO3. The van der Waals surface area contributed by atoms with Crippen LogP contribution in [0.2, 0.25) is 0 Å². The van der Waals surface area contributed by atoms with Crippen LogP contribution in [0.1, 0.15) is 43.7 Å². The molecule has 1 saturated carbocycles. The van der Waals surface area contributed by atoms with Gasteiger partial charge in [-0.2, -0.15) is 0 Å². The van der Waals surface area contributed by atoms with Gasteiger partial charge >= 0.3 is 0 Å². The number of ether oxygens (including phenoxy) is 2. The zero-order valence-electron chi connectivity index (χ0n) is 12.9. The predicted octanol–water partition coefficient (Wildman–Crippen LogP) is 2.66. The third kappa shape index (κ3) is 2.62. The Morgan fingerprint density at radius 2 is 1.95 bits per heavy atom. The molecule has 4 nitrogen and oxygen atoms in total. The normalized spacial score (nSPS) is 32.3. The fourth-order valence-corrected chi connectivity index (χ4v) is 4.02. The molecule has 1 saturated heterocycles. The zero-order valence-corrected chi connectivity index (χ0v) is 12.9. The molecule has 21 heavy (non-hydrogen) atoms. The number of rotatable bonds is 3. The number of benzene rings is 1. The summed E-state index contributed by atoms with van der Waals surface area (Å²) in [7, 11) is 3.31. The van der Waals surface area contributed by atoms with Crippen molar-refractivity contribution in [3.8, 4) is 11.5 Å². The summed E-state index contributed by atoms with van der Waals surface area (Å²) in [6.45, 7) is 0.867. The van der Waals surface area contributed by atoms with Gasteiger partial charge in [-0.1, -0.05) is 18.9 Å². The SMILES string of the molecule is COc1ccc([C@@H]2NCC[C@@]3(O)CCCC[C@H]23)cc1OC. The third-order valence-corrected chi connectivity index (χ3v) is 5.16. The number of hydrogen-bond acceptors (Lipinski definition) is 4. The molecule has 0 aromatic heterocycles. The van der Waals surface area contributed by atoms with Crippen molar-refractivity contribution in [3.05, 3.63) is 23.8 Å². The van der Waals surface area contributed by atoms with Crippen LogP contribution in [0, 0.1) is 5.92 Å². The number of piperidine rings is 1. The summed E-state index contributed by atoms with van der Waals surface area (Å²) >= 11 is 0. The number of hydrogen-bond donors (Lipinski definition) is 2. The Balaban J connectivity index is 1.91. The van der Waals surface area contributed by atoms with E-state index in [-0.39, 0.29) is 12.0 Å². The van der Waals surface area contributed by atoms with E-state index in [1.807, 2.05) is 12.1 Å². The van der Waals surface area contributed by atoms with Crippen LogP contribution in [0.3, 0.4) is 0 Å². The van der Waals surface area contributed by atoms with Crippen LogP contribution in [0.15, 0.2) is 18.2 Å². The molecule has 4 heteroatoms. The summed E-state index contributed by atoms with van der Waals surface area (Å²) in [5.41, 5.74) is 0.680. The molecule has 0 amide bonds. The maximum absolute atomic E-state index is 11.0. The predicted molar refractivity (Wildman–Crippen MR) is 81.8 cm³/mol. The molecule has 1 aromatic carbocycles. The van der Waals surface area contributed by atoms with E-state index in [0.717, 1.165) is 43.7 Å². The molecule has 0 bridgehead atoms. The highest BCUT2D eigenvalue weighted by Gasteiger charge is 2.45. The minimum atomic E-state index is -0.499. The monoisotopic (exact) mass is 291 g/mol. The molecule has 1 aliphatic heterocycles. The van der Waals surface area contributed by atoms with E-state index in [1.54, 1.807) is 14.2 Å². The van der Waals surface area contributed by atoms with Gasteiger partial charge in [-0.25, -0.2) is 0 Å². The van der Waals surface area contributed by atoms with Crippen LogP contribution in [0.4, 0.5) is 0 Å². The quantitative estimate of drug-likeness (QED) is 0.899. The van der Waals surface area contributed by atoms with Crippen molar-refractivity contribution in [2.75, 3.05) is 20.8 Å². The van der Waals surface area contributed by atoms with Crippen LogP contribution in [0.5, 0.6) is 11.5 Å². The Labute approximate surface area is 126 Å². The first kappa shape index (κ1) is 14.7. The van der Waals surface area contributed by atoms with E-state index in [1.165, 1.54) is 12.0 Å². The Kier molecular flexibility index (Phi) is 4.09. The third-order valence-electron chi connectivity index (χ3n) is 5.16. The maximum atomic E-state index is 11.0. The second-order valence-electron chi connectivity index (χ2n) is 6.25. The first-order valence-corrected chi connectivity index (χ1v) is 7.85. The van der Waals surface area contributed by atoms with Gasteiger partial charge in [0.2, 0.25) is 0 Å². The average molecular weight is 291 g/mol. The lowest BCUT2D eigenvalue weighted by atomic mass is 9.67. The van der Waals surface area contributed by atoms with Crippen molar-refractivity contribution in [2.24, 2.45) is 5.92 Å². The average Bonchev–Trinajstić information content (AvgIpc) is 2.53. The molecule has 2 N–H and O–H groups in total. The fourth-order valence-electron chi connectivity index (χ4n) is 4.02. The highest BCUT2D eigenvalue weighted by Crippen LogP contribution is 2.46. The summed E-state index contributed by atoms with van der Waals surface area (Å²) in [6, 6.07) is 6.27. The molecular weight excluding hydrogens is 266 g/mol. The lowest BCUT2D eigenvalue weighted by molar-refractivity contribution is -0.0861. The molecule has 0 unspecified atom stereocenters. The van der Waals surface area contributed by atoms with Crippen molar-refractivity contribution in [2.45, 2.75) is 43.7 Å². The van der Waals surface area contributed by atoms with E-state index in [2.05, 4.69) is 11.4 Å². The Bertz CT molecular complexity index is 501. The minimum Gasteiger partial charge on any atom is -0.493 e. The maximum Gasteiger partial charge on any atom is 0.161 e. The molecule has 1 aromatic rings. The first-order valence-electron chi connectivity index (χ1n) is 7.85. The Morgan fingerprint density at radius 3 is 2.71 bits per heavy atom. The molecule has 0 spiro atoms. The number of fused-ring (bicyclic) bond motifs is 1. The molecule has 2 fully saturated rings. The summed E-state index contributed by atoms with van der Waals surface area (Å²) in [5.74, 6) is 1.79. The molecule has 1 heterocycles. The fraction of sp³-hybridized carbons (Fsp3) is 0.647. The van der Waals surface area contributed by atoms with Crippen LogP contribution in [0.25, 0.3) is 0 Å². The summed E-state index contributed by atoms with van der Waals surface area (Å²) in [5, 5.41) is 14.5. The second kappa shape index (κ2) is 5.85. The highest BCUT2D eigenvalue weighted by molar-refractivity contribution is 5.44. The topological polar surface area (TPSA) is 50.7 Å². The number of aliphatic hydroxyl groups is 1. The second-order valence-corrected chi connectivity index (χ2v) is 6.25. The highest BCUT2D eigenvalue weighted by atomic mass is 16.5. The molecule has 3 rings (SSSR count). The molecule has 3 atom stereocenters. The number of nitrogens with one attached hydrogen (secondary N) is 1. The number of methoxy groups -OCH3 is 2. The molecule has 116 valence electrons. The Hall–Kier alpha value is -1.26. The van der Waals surface area contributed by atoms with E-state index in [9.17, 15) is 5.11 Å². The van der Waals surface area contributed by atoms with Gasteiger partial charge in [0.25, 0.3) is 0 Å². The van der Waals surface area contributed by atoms with Crippen molar-refractivity contribution >= 4 is 0 Å². The van der Waals surface area contributed by atoms with Crippen molar-refractivity contribution in [1.82, 2.24) is 5.32 Å². The van der Waals surface area contributed by atoms with Crippen molar-refractivity contribution < 1.29 is 14.6 Å². The summed E-state index contributed by atoms with van der Waals surface area (Å²) in [4.78, 5) is 0. The zero-order chi connectivity index (χ0) is 14.9. The van der Waals surface area contributed by atoms with Crippen LogP contribution in [-0.2, 0) is 0 Å². The summed E-state index contributed by atoms with van der Waals surface area (Å²) < 4.78 is 10.7. The van der Waals surface area contributed by atoms with Crippen molar-refractivity contribution in [3.63, 3.8) is 0 Å². The van der Waals surface area contributed by atoms with Crippen LogP contribution in [-0.4, -0.2) is 31.5 Å². The first-order chi connectivity index (χ1) is 10.2. The largest absolute Gasteiger partial charge is 0.493 e. The summed E-state index contributed by atoms with van der Waals surface area (Å²) in [6.07, 6.45) is 5.23. The van der Waals surface area contributed by atoms with Gasteiger partial charge in [-0.3, -0.25) is 0 Å². The van der Waals surface area contributed by atoms with Crippen LogP contribution < -0.4 is 14.8 Å².